The van der Waals surface area contributed by atoms with Crippen molar-refractivity contribution in [2.75, 3.05) is 14.1 Å². The van der Waals surface area contributed by atoms with Crippen LogP contribution in [0.4, 0.5) is 0 Å². The van der Waals surface area contributed by atoms with Gasteiger partial charge < -0.3 is 4.90 Å². The number of carbonyl (C=O) groups excluding carboxylic acids is 1. The van der Waals surface area contributed by atoms with Crippen LogP contribution in [0.3, 0.4) is 0 Å². The minimum Gasteiger partial charge on any atom is -0.345 e. The fourth-order valence-electron chi connectivity index (χ4n) is 2.60. The van der Waals surface area contributed by atoms with Gasteiger partial charge in [0.05, 0.1) is 17.8 Å². The molecule has 114 valence electrons. The van der Waals surface area contributed by atoms with Gasteiger partial charge in [-0.25, -0.2) is 0 Å². The number of aryl methyl sites for hydroxylation is 1. The molecule has 0 saturated heterocycles. The van der Waals surface area contributed by atoms with Gasteiger partial charge in [0.25, 0.3) is 5.91 Å². The fraction of sp³-hybridized carbons (Fsp3) is 0.353. The summed E-state index contributed by atoms with van der Waals surface area (Å²) in [4.78, 5) is 13.5. The summed E-state index contributed by atoms with van der Waals surface area (Å²) in [6.45, 7) is 2.08. The fourth-order valence-corrected chi connectivity index (χ4v) is 2.60. The van der Waals surface area contributed by atoms with Crippen molar-refractivity contribution in [2.45, 2.75) is 19.3 Å². The van der Waals surface area contributed by atoms with Crippen LogP contribution < -0.4 is 0 Å². The van der Waals surface area contributed by atoms with E-state index < -0.39 is 0 Å². The van der Waals surface area contributed by atoms with Gasteiger partial charge in [0.1, 0.15) is 0 Å². The summed E-state index contributed by atoms with van der Waals surface area (Å²) in [5.74, 6) is 0.00401. The van der Waals surface area contributed by atoms with Gasteiger partial charge in [-0.05, 0) is 29.7 Å². The van der Waals surface area contributed by atoms with Crippen molar-refractivity contribution >= 4 is 5.91 Å². The maximum Gasteiger partial charge on any atom is 0.253 e. The highest BCUT2D eigenvalue weighted by atomic mass is 16.2. The molecular weight excluding hydrogens is 276 g/mol. The van der Waals surface area contributed by atoms with Crippen molar-refractivity contribution in [3.63, 3.8) is 0 Å². The normalized spacial score (nSPS) is 11.8. The van der Waals surface area contributed by atoms with Crippen molar-refractivity contribution in [1.82, 2.24) is 14.7 Å². The van der Waals surface area contributed by atoms with Gasteiger partial charge in [-0.2, -0.15) is 10.4 Å². The standard InChI is InChI=1S/C17H20N4O/c1-5-15(14-10-19-21(4)11-14)16-7-6-12(8-13(16)9-18)17(22)20(2)3/h6-8,10-11,15H,5H2,1-4H3/t15-/m1/s1. The summed E-state index contributed by atoms with van der Waals surface area (Å²) in [6.07, 6.45) is 4.66. The smallest absolute Gasteiger partial charge is 0.253 e. The molecule has 0 bridgehead atoms. The van der Waals surface area contributed by atoms with Crippen LogP contribution in [0.15, 0.2) is 30.6 Å². The summed E-state index contributed by atoms with van der Waals surface area (Å²) in [7, 11) is 5.28. The van der Waals surface area contributed by atoms with Crippen molar-refractivity contribution in [2.24, 2.45) is 7.05 Å². The summed E-state index contributed by atoms with van der Waals surface area (Å²) < 4.78 is 1.76. The molecular formula is C17H20N4O. The first-order valence-corrected chi connectivity index (χ1v) is 7.22. The Bertz CT molecular complexity index is 725. The zero-order valence-electron chi connectivity index (χ0n) is 13.4. The molecule has 5 nitrogen and oxygen atoms in total. The van der Waals surface area contributed by atoms with Gasteiger partial charge in [0.2, 0.25) is 0 Å². The minimum atomic E-state index is -0.0996. The number of aromatic nitrogens is 2. The Balaban J connectivity index is 2.46. The third-order valence-electron chi connectivity index (χ3n) is 3.74. The molecule has 5 heteroatoms. The highest BCUT2D eigenvalue weighted by molar-refractivity contribution is 5.94. The van der Waals surface area contributed by atoms with Gasteiger partial charge >= 0.3 is 0 Å². The molecule has 22 heavy (non-hydrogen) atoms. The molecule has 0 radical (unpaired) electrons. The van der Waals surface area contributed by atoms with E-state index in [-0.39, 0.29) is 11.8 Å². The van der Waals surface area contributed by atoms with Crippen LogP contribution in [0.1, 0.15) is 46.3 Å². The van der Waals surface area contributed by atoms with E-state index in [0.29, 0.717) is 11.1 Å². The highest BCUT2D eigenvalue weighted by Gasteiger charge is 2.19. The van der Waals surface area contributed by atoms with Crippen molar-refractivity contribution in [3.05, 3.63) is 52.8 Å². The van der Waals surface area contributed by atoms with Gasteiger partial charge in [-0.1, -0.05) is 13.0 Å². The first kappa shape index (κ1) is 15.8. The van der Waals surface area contributed by atoms with E-state index >= 15 is 0 Å². The molecule has 0 aliphatic carbocycles. The van der Waals surface area contributed by atoms with Crippen LogP contribution in [-0.2, 0) is 7.05 Å². The predicted molar refractivity (Wildman–Crippen MR) is 84.5 cm³/mol. The summed E-state index contributed by atoms with van der Waals surface area (Å²) in [5.41, 5.74) is 3.09. The number of rotatable bonds is 4. The lowest BCUT2D eigenvalue weighted by atomic mass is 9.87. The Morgan fingerprint density at radius 3 is 2.68 bits per heavy atom. The van der Waals surface area contributed by atoms with Gasteiger partial charge in [-0.15, -0.1) is 0 Å². The SMILES string of the molecule is CC[C@H](c1cnn(C)c1)c1ccc(C(=O)N(C)C)cc1C#N. The molecule has 2 aromatic rings. The first-order valence-electron chi connectivity index (χ1n) is 7.22. The van der Waals surface area contributed by atoms with Gasteiger partial charge in [-0.3, -0.25) is 9.48 Å². The zero-order valence-corrected chi connectivity index (χ0v) is 13.4. The lowest BCUT2D eigenvalue weighted by molar-refractivity contribution is 0.0827. The number of hydrogen-bond acceptors (Lipinski definition) is 3. The van der Waals surface area contributed by atoms with E-state index in [9.17, 15) is 10.1 Å². The number of nitrogens with zero attached hydrogens (tertiary/aromatic N) is 4. The van der Waals surface area contributed by atoms with E-state index in [1.165, 1.54) is 4.90 Å². The van der Waals surface area contributed by atoms with Crippen LogP contribution in [0, 0.1) is 11.3 Å². The molecule has 0 N–H and O–H groups in total. The molecule has 1 atom stereocenters. The number of carbonyl (C=O) groups is 1. The van der Waals surface area contributed by atoms with Crippen LogP contribution in [0.2, 0.25) is 0 Å². The molecule has 1 aromatic carbocycles. The van der Waals surface area contributed by atoms with Gasteiger partial charge in [0.15, 0.2) is 0 Å². The largest absolute Gasteiger partial charge is 0.345 e. The minimum absolute atomic E-state index is 0.0996. The maximum absolute atomic E-state index is 12.0. The van der Waals surface area contributed by atoms with Crippen molar-refractivity contribution < 1.29 is 4.79 Å². The molecule has 1 amide bonds. The van der Waals surface area contributed by atoms with Crippen molar-refractivity contribution in [1.29, 1.82) is 5.26 Å². The zero-order chi connectivity index (χ0) is 16.3. The first-order chi connectivity index (χ1) is 10.5. The van der Waals surface area contributed by atoms with Crippen LogP contribution in [0.25, 0.3) is 0 Å². The summed E-state index contributed by atoms with van der Waals surface area (Å²) >= 11 is 0. The second-order valence-corrected chi connectivity index (χ2v) is 5.52. The van der Waals surface area contributed by atoms with E-state index in [0.717, 1.165) is 17.5 Å². The average Bonchev–Trinajstić information content (AvgIpc) is 2.93. The molecule has 1 aromatic heterocycles. The molecule has 0 aliphatic rings. The Hall–Kier alpha value is -2.61. The number of amides is 1. The number of hydrogen-bond donors (Lipinski definition) is 0. The molecule has 0 unspecified atom stereocenters. The molecule has 0 spiro atoms. The highest BCUT2D eigenvalue weighted by Crippen LogP contribution is 2.30. The van der Waals surface area contributed by atoms with E-state index in [2.05, 4.69) is 18.1 Å². The van der Waals surface area contributed by atoms with E-state index in [1.54, 1.807) is 30.9 Å². The molecule has 2 rings (SSSR count). The lowest BCUT2D eigenvalue weighted by Gasteiger charge is -2.17. The second kappa shape index (κ2) is 6.44. The van der Waals surface area contributed by atoms with E-state index in [1.807, 2.05) is 25.5 Å². The topological polar surface area (TPSA) is 61.9 Å². The summed E-state index contributed by atoms with van der Waals surface area (Å²) in [5, 5.41) is 13.7. The van der Waals surface area contributed by atoms with Gasteiger partial charge in [0, 0.05) is 38.8 Å². The number of benzene rings is 1. The number of nitriles is 1. The van der Waals surface area contributed by atoms with Crippen LogP contribution >= 0.6 is 0 Å². The van der Waals surface area contributed by atoms with Crippen LogP contribution in [-0.4, -0.2) is 34.7 Å². The molecule has 1 heterocycles. The molecule has 0 saturated carbocycles. The molecule has 0 fully saturated rings. The quantitative estimate of drug-likeness (QED) is 0.871. The Labute approximate surface area is 130 Å². The monoisotopic (exact) mass is 296 g/mol. The predicted octanol–water partition coefficient (Wildman–Crippen LogP) is 2.54. The summed E-state index contributed by atoms with van der Waals surface area (Å²) in [6, 6.07) is 7.58. The lowest BCUT2D eigenvalue weighted by Crippen LogP contribution is -2.21. The third-order valence-corrected chi connectivity index (χ3v) is 3.74. The molecule has 0 aliphatic heterocycles. The second-order valence-electron chi connectivity index (χ2n) is 5.52. The van der Waals surface area contributed by atoms with Crippen molar-refractivity contribution in [3.8, 4) is 6.07 Å². The van der Waals surface area contributed by atoms with Crippen LogP contribution in [0.5, 0.6) is 0 Å². The average molecular weight is 296 g/mol. The van der Waals surface area contributed by atoms with E-state index in [4.69, 9.17) is 0 Å². The Kier molecular flexibility index (Phi) is 4.62. The third kappa shape index (κ3) is 3.01. The Morgan fingerprint density at radius 2 is 2.18 bits per heavy atom. The Morgan fingerprint density at radius 1 is 1.45 bits per heavy atom. The maximum atomic E-state index is 12.0.